The van der Waals surface area contributed by atoms with E-state index in [1.807, 2.05) is 39.0 Å². The van der Waals surface area contributed by atoms with Crippen LogP contribution in [0.3, 0.4) is 0 Å². The molecule has 0 atom stereocenters. The van der Waals surface area contributed by atoms with Crippen LogP contribution < -0.4 is 15.4 Å². The molecule has 0 fully saturated rings. The molecule has 0 aromatic heterocycles. The van der Waals surface area contributed by atoms with Crippen LogP contribution in [0.15, 0.2) is 48.5 Å². The van der Waals surface area contributed by atoms with Gasteiger partial charge in [-0.3, -0.25) is 9.59 Å². The summed E-state index contributed by atoms with van der Waals surface area (Å²) in [5.74, 6) is 0.235. The second kappa shape index (κ2) is 8.15. The van der Waals surface area contributed by atoms with Gasteiger partial charge in [0.1, 0.15) is 5.75 Å². The monoisotopic (exact) mass is 326 g/mol. The van der Waals surface area contributed by atoms with Crippen LogP contribution in [0.1, 0.15) is 29.8 Å². The van der Waals surface area contributed by atoms with Crippen molar-refractivity contribution in [2.24, 2.45) is 0 Å². The van der Waals surface area contributed by atoms with E-state index in [-0.39, 0.29) is 24.5 Å². The lowest BCUT2D eigenvalue weighted by Crippen LogP contribution is -2.32. The molecule has 0 aliphatic rings. The molecule has 24 heavy (non-hydrogen) atoms. The number of amides is 2. The first-order valence-corrected chi connectivity index (χ1v) is 7.86. The zero-order valence-corrected chi connectivity index (χ0v) is 14.1. The first-order valence-electron chi connectivity index (χ1n) is 7.86. The van der Waals surface area contributed by atoms with Crippen molar-refractivity contribution in [3.8, 4) is 5.75 Å². The molecule has 0 bridgehead atoms. The van der Waals surface area contributed by atoms with Crippen LogP contribution in [-0.4, -0.2) is 24.5 Å². The Kier molecular flexibility index (Phi) is 5.95. The normalized spacial score (nSPS) is 10.3. The molecule has 0 spiro atoms. The van der Waals surface area contributed by atoms with E-state index in [0.29, 0.717) is 11.3 Å². The van der Waals surface area contributed by atoms with E-state index in [1.54, 1.807) is 30.3 Å². The SMILES string of the molecule is Cc1cc(NC(=O)CNC(=O)c2ccccc2)ccc1OC(C)C. The van der Waals surface area contributed by atoms with Crippen molar-refractivity contribution in [2.45, 2.75) is 26.9 Å². The summed E-state index contributed by atoms with van der Waals surface area (Å²) < 4.78 is 5.66. The topological polar surface area (TPSA) is 67.4 Å². The highest BCUT2D eigenvalue weighted by Gasteiger charge is 2.09. The molecule has 2 N–H and O–H groups in total. The zero-order chi connectivity index (χ0) is 17.5. The van der Waals surface area contributed by atoms with Crippen molar-refractivity contribution in [1.29, 1.82) is 0 Å². The number of anilines is 1. The van der Waals surface area contributed by atoms with Crippen LogP contribution in [0.2, 0.25) is 0 Å². The number of ether oxygens (including phenoxy) is 1. The van der Waals surface area contributed by atoms with Gasteiger partial charge in [-0.25, -0.2) is 0 Å². The Balaban J connectivity index is 1.88. The van der Waals surface area contributed by atoms with E-state index in [0.717, 1.165) is 11.3 Å². The van der Waals surface area contributed by atoms with E-state index < -0.39 is 0 Å². The molecule has 5 nitrogen and oxygen atoms in total. The first kappa shape index (κ1) is 17.5. The Bertz CT molecular complexity index is 712. The lowest BCUT2D eigenvalue weighted by Gasteiger charge is -2.14. The number of hydrogen-bond donors (Lipinski definition) is 2. The largest absolute Gasteiger partial charge is 0.491 e. The van der Waals surface area contributed by atoms with Gasteiger partial charge in [-0.15, -0.1) is 0 Å². The van der Waals surface area contributed by atoms with Gasteiger partial charge < -0.3 is 15.4 Å². The molecule has 0 unspecified atom stereocenters. The van der Waals surface area contributed by atoms with Crippen molar-refractivity contribution >= 4 is 17.5 Å². The molecule has 2 aromatic carbocycles. The highest BCUT2D eigenvalue weighted by Crippen LogP contribution is 2.22. The van der Waals surface area contributed by atoms with E-state index >= 15 is 0 Å². The molecule has 2 amide bonds. The molecular formula is C19H22N2O3. The predicted octanol–water partition coefficient (Wildman–Crippen LogP) is 3.15. The maximum Gasteiger partial charge on any atom is 0.251 e. The lowest BCUT2D eigenvalue weighted by molar-refractivity contribution is -0.115. The molecule has 0 radical (unpaired) electrons. The van der Waals surface area contributed by atoms with Gasteiger partial charge in [0.05, 0.1) is 12.6 Å². The van der Waals surface area contributed by atoms with Gasteiger partial charge in [0.25, 0.3) is 5.91 Å². The van der Waals surface area contributed by atoms with Gasteiger partial charge in [-0.05, 0) is 56.7 Å². The van der Waals surface area contributed by atoms with Crippen LogP contribution in [0.25, 0.3) is 0 Å². The third kappa shape index (κ3) is 5.12. The molecular weight excluding hydrogens is 304 g/mol. The third-order valence-corrected chi connectivity index (χ3v) is 3.27. The molecule has 2 rings (SSSR count). The summed E-state index contributed by atoms with van der Waals surface area (Å²) in [4.78, 5) is 23.9. The molecule has 0 aliphatic heterocycles. The highest BCUT2D eigenvalue weighted by molar-refractivity contribution is 5.99. The van der Waals surface area contributed by atoms with E-state index in [4.69, 9.17) is 4.74 Å². The van der Waals surface area contributed by atoms with Crippen molar-refractivity contribution in [2.75, 3.05) is 11.9 Å². The number of carbonyl (C=O) groups excluding carboxylic acids is 2. The second-order valence-electron chi connectivity index (χ2n) is 5.74. The van der Waals surface area contributed by atoms with Crippen LogP contribution in [-0.2, 0) is 4.79 Å². The minimum Gasteiger partial charge on any atom is -0.491 e. The smallest absolute Gasteiger partial charge is 0.251 e. The standard InChI is InChI=1S/C19H22N2O3/c1-13(2)24-17-10-9-16(11-14(17)3)21-18(22)12-20-19(23)15-7-5-4-6-8-15/h4-11,13H,12H2,1-3H3,(H,20,23)(H,21,22). The van der Waals surface area contributed by atoms with Crippen molar-refractivity contribution < 1.29 is 14.3 Å². The molecule has 0 saturated heterocycles. The second-order valence-corrected chi connectivity index (χ2v) is 5.74. The number of benzene rings is 2. The predicted molar refractivity (Wildman–Crippen MR) is 94.3 cm³/mol. The van der Waals surface area contributed by atoms with E-state index in [9.17, 15) is 9.59 Å². The van der Waals surface area contributed by atoms with Gasteiger partial charge in [-0.2, -0.15) is 0 Å². The number of nitrogens with one attached hydrogen (secondary N) is 2. The third-order valence-electron chi connectivity index (χ3n) is 3.27. The summed E-state index contributed by atoms with van der Waals surface area (Å²) in [5, 5.41) is 5.36. The highest BCUT2D eigenvalue weighted by atomic mass is 16.5. The molecule has 0 aliphatic carbocycles. The van der Waals surface area contributed by atoms with Crippen molar-refractivity contribution in [3.05, 3.63) is 59.7 Å². The average Bonchev–Trinajstić information content (AvgIpc) is 2.55. The fourth-order valence-corrected chi connectivity index (χ4v) is 2.17. The summed E-state index contributed by atoms with van der Waals surface area (Å²) >= 11 is 0. The fourth-order valence-electron chi connectivity index (χ4n) is 2.17. The minimum absolute atomic E-state index is 0.0863. The Labute approximate surface area is 142 Å². The first-order chi connectivity index (χ1) is 11.5. The summed E-state index contributed by atoms with van der Waals surface area (Å²) in [6.45, 7) is 5.76. The van der Waals surface area contributed by atoms with Crippen molar-refractivity contribution in [3.63, 3.8) is 0 Å². The quantitative estimate of drug-likeness (QED) is 0.857. The molecule has 5 heteroatoms. The molecule has 0 heterocycles. The van der Waals surface area contributed by atoms with E-state index in [2.05, 4.69) is 10.6 Å². The fraction of sp³-hybridized carbons (Fsp3) is 0.263. The van der Waals surface area contributed by atoms with Gasteiger partial charge >= 0.3 is 0 Å². The van der Waals surface area contributed by atoms with Gasteiger partial charge in [-0.1, -0.05) is 18.2 Å². The summed E-state index contributed by atoms with van der Waals surface area (Å²) in [5.41, 5.74) is 2.13. The lowest BCUT2D eigenvalue weighted by atomic mass is 10.2. The van der Waals surface area contributed by atoms with Crippen LogP contribution in [0, 0.1) is 6.92 Å². The van der Waals surface area contributed by atoms with Crippen molar-refractivity contribution in [1.82, 2.24) is 5.32 Å². The van der Waals surface area contributed by atoms with Crippen LogP contribution in [0.5, 0.6) is 5.75 Å². The molecule has 126 valence electrons. The average molecular weight is 326 g/mol. The van der Waals surface area contributed by atoms with Gasteiger partial charge in [0.15, 0.2) is 0 Å². The number of hydrogen-bond acceptors (Lipinski definition) is 3. The summed E-state index contributed by atoms with van der Waals surface area (Å²) in [7, 11) is 0. The Morgan fingerprint density at radius 2 is 1.79 bits per heavy atom. The van der Waals surface area contributed by atoms with Crippen LogP contribution >= 0.6 is 0 Å². The maximum absolute atomic E-state index is 12.0. The summed E-state index contributed by atoms with van der Waals surface area (Å²) in [6, 6.07) is 14.2. The number of carbonyl (C=O) groups is 2. The maximum atomic E-state index is 12.0. The Hall–Kier alpha value is -2.82. The number of rotatable bonds is 6. The van der Waals surface area contributed by atoms with Gasteiger partial charge in [0, 0.05) is 11.3 Å². The van der Waals surface area contributed by atoms with E-state index in [1.165, 1.54) is 0 Å². The minimum atomic E-state index is -0.281. The van der Waals surface area contributed by atoms with Crippen LogP contribution in [0.4, 0.5) is 5.69 Å². The zero-order valence-electron chi connectivity index (χ0n) is 14.1. The Morgan fingerprint density at radius 1 is 1.08 bits per heavy atom. The molecule has 0 saturated carbocycles. The summed E-state index contributed by atoms with van der Waals surface area (Å²) in [6.07, 6.45) is 0.0948. The Morgan fingerprint density at radius 3 is 2.42 bits per heavy atom. The van der Waals surface area contributed by atoms with Gasteiger partial charge in [0.2, 0.25) is 5.91 Å². The molecule has 2 aromatic rings. The number of aryl methyl sites for hydroxylation is 1.